The Morgan fingerprint density at radius 2 is 1.27 bits per heavy atom. The molecule has 0 aromatic heterocycles. The fraction of sp³-hybridized carbons (Fsp3) is 0.592. The van der Waals surface area contributed by atoms with Gasteiger partial charge in [0, 0.05) is 71.4 Å². The summed E-state index contributed by atoms with van der Waals surface area (Å²) in [4.78, 5) is 180. The predicted molar refractivity (Wildman–Crippen MR) is 371 cm³/mol. The maximum atomic E-state index is 14.8. The summed E-state index contributed by atoms with van der Waals surface area (Å²) < 4.78 is 23.5. The number of methoxy groups -OCH3 is 2. The number of ether oxygens (including phenoxy) is 4. The van der Waals surface area contributed by atoms with Gasteiger partial charge in [0.25, 0.3) is 23.6 Å². The average Bonchev–Trinajstić information content (AvgIpc) is 1.79. The van der Waals surface area contributed by atoms with Crippen molar-refractivity contribution in [2.75, 3.05) is 66.4 Å². The summed E-state index contributed by atoms with van der Waals surface area (Å²) in [5.41, 5.74) is 6.66. The maximum absolute atomic E-state index is 14.8. The Bertz CT molecular complexity index is 3210. The van der Waals surface area contributed by atoms with E-state index in [2.05, 4.69) is 31.9 Å². The van der Waals surface area contributed by atoms with Crippen LogP contribution in [0.1, 0.15) is 125 Å². The number of likely N-dealkylation sites (tertiary alicyclic amines) is 1. The van der Waals surface area contributed by atoms with Gasteiger partial charge in [-0.1, -0.05) is 111 Å². The van der Waals surface area contributed by atoms with Crippen molar-refractivity contribution in [1.82, 2.24) is 51.1 Å². The third-order valence-corrected chi connectivity index (χ3v) is 18.6. The minimum Gasteiger partial charge on any atom is -0.445 e. The molecule has 556 valence electrons. The molecule has 0 spiro atoms. The summed E-state index contributed by atoms with van der Waals surface area (Å²) in [5, 5.41) is 27.3. The molecule has 1 saturated heterocycles. The van der Waals surface area contributed by atoms with Crippen LogP contribution in [-0.4, -0.2) is 228 Å². The molecule has 5 rings (SSSR count). The number of carbonyl (C=O) groups excluding carboxylic acids is 13. The monoisotopic (exact) mass is 1410 g/mol. The van der Waals surface area contributed by atoms with E-state index >= 15 is 0 Å². The van der Waals surface area contributed by atoms with Crippen molar-refractivity contribution < 1.29 is 86.4 Å². The van der Waals surface area contributed by atoms with E-state index in [0.29, 0.717) is 36.9 Å². The van der Waals surface area contributed by atoms with E-state index in [0.717, 1.165) is 39.0 Å². The summed E-state index contributed by atoms with van der Waals surface area (Å²) >= 11 is 0. The Morgan fingerprint density at radius 1 is 0.683 bits per heavy atom. The second-order valence-corrected chi connectivity index (χ2v) is 27.0. The number of carbonyl (C=O) groups is 13. The number of rotatable bonds is 39. The zero-order valence-corrected chi connectivity index (χ0v) is 60.4. The standard InChI is InChI=1S/C71H104N12O18/c1-15-43(8)62(52(98-13)35-58(89)81-34-20-24-51(81)64(99-14)44(9)65(91)74-45(10)63(90)47-21-17-16-18-22-47)79(11)69(95)60(41(4)5)78-68(94)61(42(6)7)80(12)71(97)101-38-46-25-27-48(28-26-46)75-66(92)50(23-19-33-73-70(72)96)76-67(93)59(40(2)3)77-53(84)39-100-49(36-82-54(85)29-30-55(82)86)37-83-56(87)31-32-57(83)88/h16-18,21-22,25-32,40-45,49-52,59-64,90H,15,19-20,23-24,33-39H2,1-14H3,(H,74,91)(H,75,92)(H,76,93)(H,77,84)(H,78,94)(H3,72,73,96)/t43-,44+,45+,50-,51?,52+,59-,60-,61-,62-,63+,64+/m0/s1. The second kappa shape index (κ2) is 39.2. The first-order valence-electron chi connectivity index (χ1n) is 34.3. The highest BCUT2D eigenvalue weighted by atomic mass is 16.6. The van der Waals surface area contributed by atoms with E-state index in [1.807, 2.05) is 32.0 Å². The molecule has 9 N–H and O–H groups in total. The molecule has 14 amide bonds. The van der Waals surface area contributed by atoms with Crippen molar-refractivity contribution >= 4 is 82.8 Å². The van der Waals surface area contributed by atoms with Gasteiger partial charge in [-0.2, -0.15) is 0 Å². The fourth-order valence-corrected chi connectivity index (χ4v) is 12.6. The van der Waals surface area contributed by atoms with Gasteiger partial charge >= 0.3 is 12.1 Å². The summed E-state index contributed by atoms with van der Waals surface area (Å²) in [6.07, 6.45) is 1.56. The van der Waals surface area contributed by atoms with Gasteiger partial charge in [0.1, 0.15) is 37.4 Å². The van der Waals surface area contributed by atoms with Crippen LogP contribution in [0.5, 0.6) is 0 Å². The number of amides is 14. The van der Waals surface area contributed by atoms with E-state index < -0.39 is 175 Å². The van der Waals surface area contributed by atoms with Gasteiger partial charge in [0.05, 0.1) is 68.0 Å². The Balaban J connectivity index is 1.19. The van der Waals surface area contributed by atoms with Gasteiger partial charge in [0.2, 0.25) is 41.4 Å². The van der Waals surface area contributed by atoms with Crippen molar-refractivity contribution in [2.45, 2.75) is 181 Å². The number of nitrogens with zero attached hydrogens (tertiary/aromatic N) is 5. The predicted octanol–water partition coefficient (Wildman–Crippen LogP) is 2.83. The van der Waals surface area contributed by atoms with Crippen molar-refractivity contribution in [3.05, 3.63) is 90.0 Å². The van der Waals surface area contributed by atoms with E-state index in [-0.39, 0.29) is 55.8 Å². The van der Waals surface area contributed by atoms with Crippen LogP contribution in [0.25, 0.3) is 0 Å². The molecule has 0 bridgehead atoms. The smallest absolute Gasteiger partial charge is 0.410 e. The number of aliphatic hydroxyl groups is 1. The Morgan fingerprint density at radius 3 is 1.79 bits per heavy atom. The van der Waals surface area contributed by atoms with E-state index in [1.165, 1.54) is 38.3 Å². The minimum absolute atomic E-state index is 0.0143. The zero-order chi connectivity index (χ0) is 75.1. The number of hydrogen-bond donors (Lipinski definition) is 8. The minimum atomic E-state index is -1.25. The number of aliphatic hydroxyl groups excluding tert-OH is 1. The Labute approximate surface area is 590 Å². The number of hydrogen-bond acceptors (Lipinski definition) is 18. The van der Waals surface area contributed by atoms with Gasteiger partial charge in [-0.05, 0) is 79.5 Å². The largest absolute Gasteiger partial charge is 0.445 e. The maximum Gasteiger partial charge on any atom is 0.410 e. The third-order valence-electron chi connectivity index (χ3n) is 18.6. The zero-order valence-electron chi connectivity index (χ0n) is 60.4. The molecule has 30 nitrogen and oxygen atoms in total. The molecule has 3 aliphatic heterocycles. The number of nitrogens with one attached hydrogen (secondary N) is 6. The highest BCUT2D eigenvalue weighted by Gasteiger charge is 2.44. The number of anilines is 1. The highest BCUT2D eigenvalue weighted by molar-refractivity contribution is 6.14. The van der Waals surface area contributed by atoms with E-state index in [1.54, 1.807) is 91.6 Å². The molecule has 30 heteroatoms. The highest BCUT2D eigenvalue weighted by Crippen LogP contribution is 2.31. The van der Waals surface area contributed by atoms with Crippen LogP contribution in [0.4, 0.5) is 15.3 Å². The van der Waals surface area contributed by atoms with Gasteiger partial charge < -0.3 is 71.5 Å². The summed E-state index contributed by atoms with van der Waals surface area (Å²) in [6.45, 7) is 16.3. The average molecular weight is 1410 g/mol. The van der Waals surface area contributed by atoms with Gasteiger partial charge in [-0.25, -0.2) is 9.59 Å². The molecule has 2 aromatic carbocycles. The lowest BCUT2D eigenvalue weighted by Gasteiger charge is -2.41. The van der Waals surface area contributed by atoms with Crippen molar-refractivity contribution in [2.24, 2.45) is 35.3 Å². The van der Waals surface area contributed by atoms with E-state index in [9.17, 15) is 67.4 Å². The fourth-order valence-electron chi connectivity index (χ4n) is 12.6. The Kier molecular flexibility index (Phi) is 32.0. The van der Waals surface area contributed by atoms with Crippen LogP contribution in [0.3, 0.4) is 0 Å². The lowest BCUT2D eigenvalue weighted by atomic mass is 9.89. The van der Waals surface area contributed by atoms with Gasteiger partial charge in [-0.3, -0.25) is 67.4 Å². The Hall–Kier alpha value is -9.13. The first-order valence-corrected chi connectivity index (χ1v) is 34.3. The lowest BCUT2D eigenvalue weighted by Crippen LogP contribution is -2.60. The van der Waals surface area contributed by atoms with Crippen LogP contribution in [0.15, 0.2) is 78.9 Å². The van der Waals surface area contributed by atoms with E-state index in [4.69, 9.17) is 24.7 Å². The van der Waals surface area contributed by atoms with Crippen LogP contribution < -0.4 is 37.6 Å². The molecule has 3 aliphatic rings. The molecule has 0 aliphatic carbocycles. The molecule has 2 aromatic rings. The number of primary amides is 1. The lowest BCUT2D eigenvalue weighted by molar-refractivity contribution is -0.148. The first-order chi connectivity index (χ1) is 47.7. The quantitative estimate of drug-likeness (QED) is 0.0352. The summed E-state index contributed by atoms with van der Waals surface area (Å²) in [5.74, 6) is -8.97. The molecule has 12 atom stereocenters. The number of likely N-dealkylation sites (N-methyl/N-ethyl adjacent to an activating group) is 2. The molecule has 1 fully saturated rings. The number of nitrogens with two attached hydrogens (primary N) is 1. The van der Waals surface area contributed by atoms with Crippen molar-refractivity contribution in [3.63, 3.8) is 0 Å². The molecular formula is C71H104N12O18. The van der Waals surface area contributed by atoms with Crippen molar-refractivity contribution in [1.29, 1.82) is 0 Å². The number of benzene rings is 2. The second-order valence-electron chi connectivity index (χ2n) is 27.0. The first kappa shape index (κ1) is 82.5. The van der Waals surface area contributed by atoms with Crippen LogP contribution in [0.2, 0.25) is 0 Å². The summed E-state index contributed by atoms with van der Waals surface area (Å²) in [7, 11) is 6.02. The molecule has 0 saturated carbocycles. The topological polar surface area (TPSA) is 393 Å². The number of imide groups is 2. The summed E-state index contributed by atoms with van der Waals surface area (Å²) in [6, 6.07) is 8.00. The number of urea groups is 1. The molecule has 1 unspecified atom stereocenters. The normalized spacial score (nSPS) is 17.8. The van der Waals surface area contributed by atoms with Crippen LogP contribution in [0, 0.1) is 29.6 Å². The molecule has 101 heavy (non-hydrogen) atoms. The SMILES string of the molecule is CC[C@H](C)[C@@H]([C@@H](CC(=O)N1CCCC1[C@H](OC)[C@@H](C)C(=O)N[C@H](C)[C@@H](O)c1ccccc1)OC)N(C)C(=O)[C@@H](NC(=O)[C@H](C(C)C)N(C)C(=O)OCc1ccc(NC(=O)[C@H](CCCNC(N)=O)NC(=O)[C@@H](NC(=O)COC(CN2C(=O)C=CC2=O)CN2C(=O)C=CC2=O)C(C)C)cc1)C(C)C. The molecular weight excluding hydrogens is 1310 g/mol. The van der Waals surface area contributed by atoms with Crippen LogP contribution >= 0.6 is 0 Å². The van der Waals surface area contributed by atoms with Gasteiger partial charge in [-0.15, -0.1) is 0 Å². The van der Waals surface area contributed by atoms with Gasteiger partial charge in [0.15, 0.2) is 0 Å². The molecule has 0 radical (unpaired) electrons. The van der Waals surface area contributed by atoms with Crippen LogP contribution in [-0.2, 0) is 78.3 Å². The van der Waals surface area contributed by atoms with Crippen molar-refractivity contribution in [3.8, 4) is 0 Å². The third kappa shape index (κ3) is 23.2. The molecule has 3 heterocycles.